The van der Waals surface area contributed by atoms with Crippen molar-refractivity contribution in [3.05, 3.63) is 199 Å². The van der Waals surface area contributed by atoms with E-state index < -0.39 is 237 Å². The highest BCUT2D eigenvalue weighted by Crippen LogP contribution is 2.38. The summed E-state index contributed by atoms with van der Waals surface area (Å²) in [6.07, 6.45) is 7.83. The molecule has 282 valence electrons. The Balaban J connectivity index is 1.34. The molecule has 10 rings (SSSR count). The standard InChI is InChI=1S/C54H40N4O/c1-5-37-26-29-48-47(32-37)46-28-27-43(35-51(46)58(48)52-33-40(30-31-55-52)54(2,3)4)59-42-21-14-20-41(34-42)56-36-57(50-25-13-12-24-49(50)56)53-44(38-16-8-6-9-17-38)22-15-23-45(53)39-18-10-7-11-19-39/h1,6-35H,2-4H3/i6D,7D,8D,9D,10D,11D,12D,13D,14D,15D,16D,17D,18D,19D,20D,21D,22D,23D,24D,25D,26D,27D,28D,29D,30D,31D,32D,33D. The molecular formula is C54H40N4O. The van der Waals surface area contributed by atoms with Crippen LogP contribution in [0.4, 0.5) is 0 Å². The van der Waals surface area contributed by atoms with Gasteiger partial charge in [-0.3, -0.25) is 13.7 Å². The Bertz CT molecular complexity index is 4730. The molecule has 0 radical (unpaired) electrons. The molecule has 0 fully saturated rings. The van der Waals surface area contributed by atoms with Crippen LogP contribution >= 0.6 is 0 Å². The Morgan fingerprint density at radius 2 is 1.36 bits per heavy atom. The number of imidazole rings is 1. The fourth-order valence-electron chi connectivity index (χ4n) is 6.33. The van der Waals surface area contributed by atoms with Crippen LogP contribution in [0, 0.1) is 18.7 Å². The minimum absolute atomic E-state index is 0.0192. The van der Waals surface area contributed by atoms with Gasteiger partial charge in [-0.25, -0.2) is 4.98 Å². The highest BCUT2D eigenvalue weighted by molar-refractivity contribution is 6.10. The van der Waals surface area contributed by atoms with Crippen LogP contribution in [0.1, 0.15) is 70.3 Å². The summed E-state index contributed by atoms with van der Waals surface area (Å²) < 4.78 is 261. The first-order valence-electron chi connectivity index (χ1n) is 31.6. The van der Waals surface area contributed by atoms with Gasteiger partial charge in [-0.2, -0.15) is 0 Å². The van der Waals surface area contributed by atoms with Crippen LogP contribution in [-0.2, 0) is 5.41 Å². The summed E-state index contributed by atoms with van der Waals surface area (Å²) in [5.74, 6) is 0.450. The molecule has 5 heteroatoms. The zero-order valence-electron chi connectivity index (χ0n) is 58.9. The van der Waals surface area contributed by atoms with E-state index in [9.17, 15) is 13.7 Å². The first-order valence-corrected chi connectivity index (χ1v) is 17.6. The summed E-state index contributed by atoms with van der Waals surface area (Å²) in [5, 5.41) is -0.501. The van der Waals surface area contributed by atoms with Crippen molar-refractivity contribution in [2.24, 2.45) is 0 Å². The van der Waals surface area contributed by atoms with Gasteiger partial charge >= 0.3 is 0 Å². The van der Waals surface area contributed by atoms with Gasteiger partial charge in [-0.05, 0) is 93.7 Å². The molecule has 59 heavy (non-hydrogen) atoms. The molecule has 0 aliphatic heterocycles. The molecule has 0 amide bonds. The minimum atomic E-state index is -1.08. The molecule has 3 heterocycles. The van der Waals surface area contributed by atoms with E-state index in [0.717, 1.165) is 21.3 Å². The van der Waals surface area contributed by atoms with Crippen LogP contribution < -0.4 is 9.30 Å². The van der Waals surface area contributed by atoms with Gasteiger partial charge in [-0.1, -0.05) is 135 Å². The number of hydrogen-bond donors (Lipinski definition) is 0. The topological polar surface area (TPSA) is 35.9 Å². The molecule has 10 aromatic rings. The van der Waals surface area contributed by atoms with Gasteiger partial charge in [0.2, 0.25) is 0 Å². The third kappa shape index (κ3) is 6.42. The average Bonchev–Trinajstić information content (AvgIpc) is 1.65. The Morgan fingerprint density at radius 3 is 2.08 bits per heavy atom. The lowest BCUT2D eigenvalue weighted by Crippen LogP contribution is -2.31. The zero-order chi connectivity index (χ0) is 64.5. The maximum Gasteiger partial charge on any atom is 0.269 e. The molecule has 0 saturated heterocycles. The van der Waals surface area contributed by atoms with Crippen molar-refractivity contribution in [3.63, 3.8) is 0 Å². The third-order valence-electron chi connectivity index (χ3n) is 9.00. The zero-order valence-corrected chi connectivity index (χ0v) is 30.9. The normalized spacial score (nSPS) is 18.3. The van der Waals surface area contributed by atoms with Crippen LogP contribution in [0.25, 0.3) is 72.3 Å². The highest BCUT2D eigenvalue weighted by Gasteiger charge is 2.21. The van der Waals surface area contributed by atoms with Gasteiger partial charge in [0.25, 0.3) is 6.33 Å². The van der Waals surface area contributed by atoms with E-state index in [4.69, 9.17) is 35.8 Å². The van der Waals surface area contributed by atoms with Crippen molar-refractivity contribution in [2.75, 3.05) is 0 Å². The van der Waals surface area contributed by atoms with Crippen molar-refractivity contribution in [3.8, 4) is 63.3 Å². The Labute approximate surface area is 383 Å². The molecule has 5 nitrogen and oxygen atoms in total. The predicted octanol–water partition coefficient (Wildman–Crippen LogP) is 12.6. The van der Waals surface area contributed by atoms with Crippen LogP contribution in [-0.4, -0.2) is 14.1 Å². The summed E-state index contributed by atoms with van der Waals surface area (Å²) in [6.45, 7) is 5.02. The van der Waals surface area contributed by atoms with Gasteiger partial charge in [0, 0.05) is 28.6 Å². The number of rotatable bonds is 7. The van der Waals surface area contributed by atoms with Crippen molar-refractivity contribution >= 4 is 32.8 Å². The quantitative estimate of drug-likeness (QED) is 0.0916. The van der Waals surface area contributed by atoms with Crippen molar-refractivity contribution in [2.45, 2.75) is 26.2 Å². The first kappa shape index (κ1) is 16.7. The number of nitrogens with zero attached hydrogens (tertiary/aromatic N) is 4. The van der Waals surface area contributed by atoms with E-state index in [1.165, 1.54) is 0 Å². The monoisotopic (exact) mass is 788 g/mol. The van der Waals surface area contributed by atoms with Crippen molar-refractivity contribution in [1.82, 2.24) is 14.1 Å². The first-order chi connectivity index (χ1) is 40.5. The molecule has 0 saturated carbocycles. The average molecular weight is 789 g/mol. The second kappa shape index (κ2) is 14.4. The summed E-state index contributed by atoms with van der Waals surface area (Å²) in [6, 6.07) is -21.9. The number of fused-ring (bicyclic) bond motifs is 4. The summed E-state index contributed by atoms with van der Waals surface area (Å²) in [7, 11) is 0. The van der Waals surface area contributed by atoms with Crippen molar-refractivity contribution in [1.29, 1.82) is 0 Å². The van der Waals surface area contributed by atoms with Gasteiger partial charge in [-0.15, -0.1) is 6.42 Å². The van der Waals surface area contributed by atoms with E-state index in [0.29, 0.717) is 4.57 Å². The lowest BCUT2D eigenvalue weighted by molar-refractivity contribution is -0.571. The van der Waals surface area contributed by atoms with Crippen LogP contribution in [0.5, 0.6) is 11.5 Å². The fraction of sp³-hybridized carbons (Fsp3) is 0.0741. The highest BCUT2D eigenvalue weighted by atomic mass is 16.5. The molecule has 0 unspecified atom stereocenters. The molecule has 0 spiro atoms. The predicted molar refractivity (Wildman–Crippen MR) is 240 cm³/mol. The van der Waals surface area contributed by atoms with E-state index in [2.05, 4.69) is 17.2 Å². The van der Waals surface area contributed by atoms with Gasteiger partial charge in [0.05, 0.1) is 71.8 Å². The van der Waals surface area contributed by atoms with E-state index in [-0.39, 0.29) is 32.9 Å². The molecule has 0 atom stereocenters. The number of pyridine rings is 1. The Hall–Kier alpha value is -7.68. The molecule has 0 N–H and O–H groups in total. The fourth-order valence-corrected chi connectivity index (χ4v) is 6.33. The second-order valence-corrected chi connectivity index (χ2v) is 13.7. The van der Waals surface area contributed by atoms with Crippen LogP contribution in [0.15, 0.2) is 181 Å². The smallest absolute Gasteiger partial charge is 0.269 e. The molecule has 0 aliphatic rings. The number of aromatic nitrogens is 4. The molecule has 0 bridgehead atoms. The lowest BCUT2D eigenvalue weighted by Gasteiger charge is -2.20. The Morgan fingerprint density at radius 1 is 0.661 bits per heavy atom. The number of terminal acetylenes is 1. The lowest BCUT2D eigenvalue weighted by atomic mass is 9.88. The molecule has 7 aromatic carbocycles. The van der Waals surface area contributed by atoms with Crippen molar-refractivity contribution < 1.29 is 47.7 Å². The number of hydrogen-bond acceptors (Lipinski definition) is 2. The summed E-state index contributed by atoms with van der Waals surface area (Å²) in [4.78, 5) is 4.26. The van der Waals surface area contributed by atoms with Crippen LogP contribution in [0.2, 0.25) is 0 Å². The summed E-state index contributed by atoms with van der Waals surface area (Å²) in [5.41, 5.74) is -8.28. The van der Waals surface area contributed by atoms with Gasteiger partial charge in [0.15, 0.2) is 0 Å². The molecular weight excluding hydrogens is 721 g/mol. The number of para-hydroxylation sites is 3. The summed E-state index contributed by atoms with van der Waals surface area (Å²) >= 11 is 0. The molecule has 0 aliphatic carbocycles. The van der Waals surface area contributed by atoms with Gasteiger partial charge in [0.1, 0.15) is 17.3 Å². The minimum Gasteiger partial charge on any atom is -0.458 e. The van der Waals surface area contributed by atoms with E-state index in [1.807, 2.05) is 0 Å². The third-order valence-corrected chi connectivity index (χ3v) is 9.00. The SMILES string of the molecule is [2H]c1nc(-n2c3cc(Oc4cc(-n5[c-][n+](-c6c(-c7c([2H])c([2H])c([2H])c([2H])c7[2H])c([2H])c([2H])c([2H])c6-c6c([2H])c([2H])c([2H])c([2H])c6[2H])c6c([2H])c([2H])c([2H])c([2H])c65)c([2H])c([2H])c4[2H])c([2H])c([2H])c3c3c([2H])c(C#C)c([2H])c([2H])c32)c([2H])c(C(C)(C)C)c1[2H]. The van der Waals surface area contributed by atoms with Gasteiger partial charge < -0.3 is 4.74 Å². The second-order valence-electron chi connectivity index (χ2n) is 13.7. The largest absolute Gasteiger partial charge is 0.458 e. The molecule has 3 aromatic heterocycles. The Kier molecular flexibility index (Phi) is 4.06. The maximum absolute atomic E-state index is 9.46. The maximum atomic E-state index is 9.46. The number of ether oxygens (including phenoxy) is 1. The number of benzene rings is 7. The van der Waals surface area contributed by atoms with E-state index in [1.54, 1.807) is 20.8 Å². The van der Waals surface area contributed by atoms with E-state index >= 15 is 0 Å². The van der Waals surface area contributed by atoms with Crippen LogP contribution in [0.3, 0.4) is 0 Å².